The van der Waals surface area contributed by atoms with Gasteiger partial charge < -0.3 is 9.84 Å². The van der Waals surface area contributed by atoms with Gasteiger partial charge in [-0.1, -0.05) is 0 Å². The number of ether oxygens (including phenoxy) is 1. The van der Waals surface area contributed by atoms with E-state index in [-0.39, 0.29) is 5.56 Å². The maximum Gasteiger partial charge on any atom is 0.311 e. The summed E-state index contributed by atoms with van der Waals surface area (Å²) in [4.78, 5) is 11.1. The Labute approximate surface area is 91.7 Å². The highest BCUT2D eigenvalue weighted by atomic mass is 19.1. The van der Waals surface area contributed by atoms with Crippen LogP contribution in [0.1, 0.15) is 18.6 Å². The number of hydrogen-bond acceptors (Lipinski definition) is 3. The smallest absolute Gasteiger partial charge is 0.311 e. The number of benzene rings is 1. The second kappa shape index (κ2) is 5.03. The van der Waals surface area contributed by atoms with Crippen LogP contribution in [-0.4, -0.2) is 18.2 Å². The molecule has 3 nitrogen and oxygen atoms in total. The van der Waals surface area contributed by atoms with Crippen molar-refractivity contribution in [2.24, 2.45) is 5.92 Å². The molecule has 1 aromatic carbocycles. The fourth-order valence-electron chi connectivity index (χ4n) is 1.33. The van der Waals surface area contributed by atoms with E-state index in [0.29, 0.717) is 0 Å². The number of aliphatic hydroxyl groups excluding tert-OH is 1. The molecule has 0 fully saturated rings. The topological polar surface area (TPSA) is 46.5 Å². The number of esters is 1. The molecule has 88 valence electrons. The minimum atomic E-state index is -1.43. The van der Waals surface area contributed by atoms with Crippen molar-refractivity contribution < 1.29 is 23.4 Å². The number of aliphatic hydroxyl groups is 1. The van der Waals surface area contributed by atoms with E-state index >= 15 is 0 Å². The van der Waals surface area contributed by atoms with E-state index in [2.05, 4.69) is 4.74 Å². The molecule has 0 amide bonds. The van der Waals surface area contributed by atoms with E-state index in [1.807, 2.05) is 0 Å². The number of carbonyl (C=O) groups is 1. The van der Waals surface area contributed by atoms with Crippen LogP contribution >= 0.6 is 0 Å². The van der Waals surface area contributed by atoms with E-state index in [9.17, 15) is 18.7 Å². The molecular weight excluding hydrogens is 218 g/mol. The Bertz CT molecular complexity index is 393. The van der Waals surface area contributed by atoms with Gasteiger partial charge in [-0.2, -0.15) is 0 Å². The Kier molecular flexibility index (Phi) is 3.95. The van der Waals surface area contributed by atoms with Crippen LogP contribution in [0.4, 0.5) is 8.78 Å². The molecule has 0 aliphatic rings. The molecule has 16 heavy (non-hydrogen) atoms. The van der Waals surface area contributed by atoms with Crippen LogP contribution in [0.15, 0.2) is 18.2 Å². The van der Waals surface area contributed by atoms with Crippen LogP contribution in [0.5, 0.6) is 0 Å². The normalized spacial score (nSPS) is 14.3. The molecule has 0 heterocycles. The summed E-state index contributed by atoms with van der Waals surface area (Å²) < 4.78 is 30.5. The number of halogens is 2. The Morgan fingerprint density at radius 3 is 2.62 bits per heavy atom. The van der Waals surface area contributed by atoms with Crippen LogP contribution in [0.25, 0.3) is 0 Å². The van der Waals surface area contributed by atoms with Gasteiger partial charge in [0.1, 0.15) is 11.6 Å². The van der Waals surface area contributed by atoms with Crippen molar-refractivity contribution in [1.82, 2.24) is 0 Å². The molecule has 0 saturated carbocycles. The van der Waals surface area contributed by atoms with Crippen molar-refractivity contribution in [2.75, 3.05) is 7.11 Å². The average Bonchev–Trinajstić information content (AvgIpc) is 2.29. The minimum Gasteiger partial charge on any atom is -0.469 e. The predicted molar refractivity (Wildman–Crippen MR) is 52.5 cm³/mol. The number of methoxy groups -OCH3 is 1. The molecule has 0 aliphatic carbocycles. The van der Waals surface area contributed by atoms with Crippen LogP contribution < -0.4 is 0 Å². The molecule has 0 radical (unpaired) electrons. The lowest BCUT2D eigenvalue weighted by molar-refractivity contribution is -0.148. The van der Waals surface area contributed by atoms with Gasteiger partial charge in [-0.15, -0.1) is 0 Å². The highest BCUT2D eigenvalue weighted by Crippen LogP contribution is 2.25. The van der Waals surface area contributed by atoms with Crippen molar-refractivity contribution in [2.45, 2.75) is 13.0 Å². The molecule has 1 rings (SSSR count). The SMILES string of the molecule is COC(=O)C(C)C(O)c1cc(F)ccc1F. The third-order valence-corrected chi connectivity index (χ3v) is 2.32. The van der Waals surface area contributed by atoms with Gasteiger partial charge in [0.15, 0.2) is 0 Å². The first-order chi connectivity index (χ1) is 7.47. The third kappa shape index (κ3) is 2.55. The van der Waals surface area contributed by atoms with E-state index in [1.165, 1.54) is 6.92 Å². The maximum absolute atomic E-state index is 13.3. The van der Waals surface area contributed by atoms with Gasteiger partial charge in [-0.25, -0.2) is 8.78 Å². The standard InChI is InChI=1S/C11H12F2O3/c1-6(11(15)16-2)10(14)8-5-7(12)3-4-9(8)13/h3-6,10,14H,1-2H3. The fourth-order valence-corrected chi connectivity index (χ4v) is 1.33. The van der Waals surface area contributed by atoms with Gasteiger partial charge >= 0.3 is 5.97 Å². The van der Waals surface area contributed by atoms with E-state index < -0.39 is 29.6 Å². The Hall–Kier alpha value is -1.49. The van der Waals surface area contributed by atoms with Crippen molar-refractivity contribution in [1.29, 1.82) is 0 Å². The first-order valence-corrected chi connectivity index (χ1v) is 4.68. The average molecular weight is 230 g/mol. The zero-order chi connectivity index (χ0) is 12.3. The Morgan fingerprint density at radius 2 is 2.06 bits per heavy atom. The molecule has 0 saturated heterocycles. The van der Waals surface area contributed by atoms with Crippen LogP contribution in [-0.2, 0) is 9.53 Å². The molecule has 1 aromatic rings. The Morgan fingerprint density at radius 1 is 1.44 bits per heavy atom. The summed E-state index contributed by atoms with van der Waals surface area (Å²) in [5.41, 5.74) is -0.252. The zero-order valence-electron chi connectivity index (χ0n) is 8.91. The molecule has 2 atom stereocenters. The number of carbonyl (C=O) groups excluding carboxylic acids is 1. The van der Waals surface area contributed by atoms with Gasteiger partial charge in [-0.3, -0.25) is 4.79 Å². The summed E-state index contributed by atoms with van der Waals surface area (Å²) in [5.74, 6) is -3.07. The minimum absolute atomic E-state index is 0.252. The molecule has 0 aromatic heterocycles. The molecular formula is C11H12F2O3. The predicted octanol–water partition coefficient (Wildman–Crippen LogP) is 1.81. The molecule has 1 N–H and O–H groups in total. The lowest BCUT2D eigenvalue weighted by Gasteiger charge is -2.17. The highest BCUT2D eigenvalue weighted by Gasteiger charge is 2.26. The third-order valence-electron chi connectivity index (χ3n) is 2.32. The summed E-state index contributed by atoms with van der Waals surface area (Å²) in [5, 5.41) is 9.69. The fraction of sp³-hybridized carbons (Fsp3) is 0.364. The largest absolute Gasteiger partial charge is 0.469 e. The molecule has 0 aliphatic heterocycles. The van der Waals surface area contributed by atoms with Crippen LogP contribution in [0, 0.1) is 17.6 Å². The number of hydrogen-bond donors (Lipinski definition) is 1. The Balaban J connectivity index is 2.99. The van der Waals surface area contributed by atoms with E-state index in [4.69, 9.17) is 0 Å². The van der Waals surface area contributed by atoms with Gasteiger partial charge in [-0.05, 0) is 25.1 Å². The van der Waals surface area contributed by atoms with Gasteiger partial charge in [0.05, 0.1) is 19.1 Å². The first kappa shape index (κ1) is 12.6. The van der Waals surface area contributed by atoms with Crippen molar-refractivity contribution in [3.8, 4) is 0 Å². The van der Waals surface area contributed by atoms with Crippen molar-refractivity contribution >= 4 is 5.97 Å². The lowest BCUT2D eigenvalue weighted by atomic mass is 9.97. The lowest BCUT2D eigenvalue weighted by Crippen LogP contribution is -2.21. The van der Waals surface area contributed by atoms with Crippen LogP contribution in [0.3, 0.4) is 0 Å². The molecule has 5 heteroatoms. The monoisotopic (exact) mass is 230 g/mol. The van der Waals surface area contributed by atoms with Crippen LogP contribution in [0.2, 0.25) is 0 Å². The molecule has 0 bridgehead atoms. The van der Waals surface area contributed by atoms with Gasteiger partial charge in [0, 0.05) is 5.56 Å². The summed E-state index contributed by atoms with van der Waals surface area (Å²) >= 11 is 0. The maximum atomic E-state index is 13.3. The quantitative estimate of drug-likeness (QED) is 0.805. The molecule has 0 spiro atoms. The van der Waals surface area contributed by atoms with Gasteiger partial charge in [0.25, 0.3) is 0 Å². The summed E-state index contributed by atoms with van der Waals surface area (Å²) in [6, 6.07) is 2.70. The van der Waals surface area contributed by atoms with E-state index in [1.54, 1.807) is 0 Å². The second-order valence-corrected chi connectivity index (χ2v) is 3.42. The first-order valence-electron chi connectivity index (χ1n) is 4.68. The second-order valence-electron chi connectivity index (χ2n) is 3.42. The van der Waals surface area contributed by atoms with Crippen molar-refractivity contribution in [3.63, 3.8) is 0 Å². The van der Waals surface area contributed by atoms with E-state index in [0.717, 1.165) is 25.3 Å². The number of rotatable bonds is 3. The zero-order valence-corrected chi connectivity index (χ0v) is 8.91. The molecule has 2 unspecified atom stereocenters. The highest BCUT2D eigenvalue weighted by molar-refractivity contribution is 5.72. The summed E-state index contributed by atoms with van der Waals surface area (Å²) in [6.07, 6.45) is -1.43. The summed E-state index contributed by atoms with van der Waals surface area (Å²) in [7, 11) is 1.16. The van der Waals surface area contributed by atoms with Gasteiger partial charge in [0.2, 0.25) is 0 Å². The summed E-state index contributed by atoms with van der Waals surface area (Å²) in [6.45, 7) is 1.38. The van der Waals surface area contributed by atoms with Crippen molar-refractivity contribution in [3.05, 3.63) is 35.4 Å².